The van der Waals surface area contributed by atoms with E-state index in [9.17, 15) is 26.0 Å². The number of rotatable bonds is 7. The van der Waals surface area contributed by atoms with E-state index in [2.05, 4.69) is 0 Å². The Bertz CT molecular complexity index is 1560. The molecule has 0 aliphatic carbocycles. The summed E-state index contributed by atoms with van der Waals surface area (Å²) < 4.78 is 70.4. The Hall–Kier alpha value is -3.24. The summed E-state index contributed by atoms with van der Waals surface area (Å²) in [6, 6.07) is 21.4. The van der Waals surface area contributed by atoms with E-state index in [1.54, 1.807) is 29.2 Å². The second-order valence-electron chi connectivity index (χ2n) is 10.6. The van der Waals surface area contributed by atoms with Crippen molar-refractivity contribution in [3.63, 3.8) is 0 Å². The SMILES string of the molecule is C[C@H](Oc1ccc(C2(S(=O)(=O)c3ccc(F)cc3)CCN(C(=O)C3CCS(=O)(=O)CC3)C2)cc1)c1ccccc1. The fourth-order valence-electron chi connectivity index (χ4n) is 5.65. The molecular weight excluding hydrogens is 553 g/mol. The fourth-order valence-corrected chi connectivity index (χ4v) is 9.22. The molecule has 0 radical (unpaired) electrons. The minimum absolute atomic E-state index is 0.0232. The Balaban J connectivity index is 1.45. The number of carbonyl (C=O) groups excluding carboxylic acids is 1. The van der Waals surface area contributed by atoms with E-state index in [4.69, 9.17) is 4.74 Å². The number of nitrogens with zero attached hydrogens (tertiary/aromatic N) is 1. The van der Waals surface area contributed by atoms with Crippen LogP contribution in [0.2, 0.25) is 0 Å². The molecule has 2 fully saturated rings. The molecule has 2 aliphatic rings. The number of hydrogen-bond acceptors (Lipinski definition) is 6. The second-order valence-corrected chi connectivity index (χ2v) is 15.1. The van der Waals surface area contributed by atoms with Gasteiger partial charge in [-0.1, -0.05) is 42.5 Å². The number of ether oxygens (including phenoxy) is 1. The Morgan fingerprint density at radius 3 is 2.23 bits per heavy atom. The van der Waals surface area contributed by atoms with E-state index in [1.807, 2.05) is 37.3 Å². The molecule has 3 aromatic carbocycles. The zero-order chi connectivity index (χ0) is 28.5. The van der Waals surface area contributed by atoms with Gasteiger partial charge in [0.1, 0.15) is 32.3 Å². The highest BCUT2D eigenvalue weighted by atomic mass is 32.2. The van der Waals surface area contributed by atoms with Gasteiger partial charge in [-0.2, -0.15) is 0 Å². The zero-order valence-corrected chi connectivity index (χ0v) is 23.8. The first-order chi connectivity index (χ1) is 19.0. The van der Waals surface area contributed by atoms with Crippen molar-refractivity contribution in [1.82, 2.24) is 4.90 Å². The van der Waals surface area contributed by atoms with Gasteiger partial charge in [-0.15, -0.1) is 0 Å². The van der Waals surface area contributed by atoms with E-state index < -0.39 is 36.2 Å². The summed E-state index contributed by atoms with van der Waals surface area (Å²) >= 11 is 0. The van der Waals surface area contributed by atoms with Crippen molar-refractivity contribution in [3.05, 3.63) is 95.8 Å². The van der Waals surface area contributed by atoms with Crippen LogP contribution in [0.4, 0.5) is 4.39 Å². The molecule has 5 rings (SSSR count). The lowest BCUT2D eigenvalue weighted by atomic mass is 9.97. The summed E-state index contributed by atoms with van der Waals surface area (Å²) in [7, 11) is -7.20. The molecule has 0 saturated carbocycles. The smallest absolute Gasteiger partial charge is 0.225 e. The molecule has 0 bridgehead atoms. The van der Waals surface area contributed by atoms with E-state index >= 15 is 0 Å². The molecule has 2 saturated heterocycles. The first kappa shape index (κ1) is 28.3. The Morgan fingerprint density at radius 2 is 1.60 bits per heavy atom. The highest BCUT2D eigenvalue weighted by molar-refractivity contribution is 7.92. The topological polar surface area (TPSA) is 97.8 Å². The van der Waals surface area contributed by atoms with Crippen molar-refractivity contribution in [2.45, 2.75) is 41.9 Å². The molecule has 212 valence electrons. The molecule has 2 aliphatic heterocycles. The average Bonchev–Trinajstić information content (AvgIpc) is 3.41. The third kappa shape index (κ3) is 5.51. The monoisotopic (exact) mass is 585 g/mol. The number of benzene rings is 3. The molecule has 1 unspecified atom stereocenters. The molecule has 10 heteroatoms. The van der Waals surface area contributed by atoms with Crippen molar-refractivity contribution in [1.29, 1.82) is 0 Å². The third-order valence-electron chi connectivity index (χ3n) is 8.05. The third-order valence-corrected chi connectivity index (χ3v) is 12.3. The average molecular weight is 586 g/mol. The van der Waals surface area contributed by atoms with E-state index in [0.29, 0.717) is 11.3 Å². The van der Waals surface area contributed by atoms with E-state index in [1.165, 1.54) is 12.1 Å². The molecule has 0 aromatic heterocycles. The summed E-state index contributed by atoms with van der Waals surface area (Å²) in [4.78, 5) is 14.9. The van der Waals surface area contributed by atoms with Crippen LogP contribution in [0.5, 0.6) is 5.75 Å². The van der Waals surface area contributed by atoms with E-state index in [-0.39, 0.29) is 60.8 Å². The van der Waals surface area contributed by atoms with Crippen LogP contribution in [0.1, 0.15) is 43.4 Å². The number of hydrogen-bond donors (Lipinski definition) is 0. The van der Waals surface area contributed by atoms with Crippen LogP contribution in [-0.4, -0.2) is 52.2 Å². The molecular formula is C30H32FNO6S2. The zero-order valence-electron chi connectivity index (χ0n) is 22.2. The normalized spacial score (nSPS) is 22.1. The van der Waals surface area contributed by atoms with Crippen LogP contribution in [-0.2, 0) is 29.2 Å². The first-order valence-corrected chi connectivity index (χ1v) is 16.6. The number of sulfone groups is 2. The largest absolute Gasteiger partial charge is 0.486 e. The summed E-state index contributed by atoms with van der Waals surface area (Å²) in [6.07, 6.45) is 0.411. The second kappa shape index (κ2) is 11.0. The van der Waals surface area contributed by atoms with Gasteiger partial charge >= 0.3 is 0 Å². The maximum atomic E-state index is 14.2. The van der Waals surface area contributed by atoms with Crippen LogP contribution in [0.15, 0.2) is 83.8 Å². The van der Waals surface area contributed by atoms with Crippen molar-refractivity contribution in [2.75, 3.05) is 24.6 Å². The van der Waals surface area contributed by atoms with Crippen molar-refractivity contribution < 1.29 is 30.8 Å². The van der Waals surface area contributed by atoms with Gasteiger partial charge in [0.25, 0.3) is 0 Å². The molecule has 0 N–H and O–H groups in total. The lowest BCUT2D eigenvalue weighted by molar-refractivity contribution is -0.134. The molecule has 3 aromatic rings. The molecule has 40 heavy (non-hydrogen) atoms. The molecule has 2 heterocycles. The molecule has 7 nitrogen and oxygen atoms in total. The van der Waals surface area contributed by atoms with Crippen molar-refractivity contribution in [2.24, 2.45) is 5.92 Å². The van der Waals surface area contributed by atoms with Gasteiger partial charge in [0.2, 0.25) is 5.91 Å². The fraction of sp³-hybridized carbons (Fsp3) is 0.367. The van der Waals surface area contributed by atoms with Gasteiger partial charge in [-0.05, 0) is 73.7 Å². The van der Waals surface area contributed by atoms with Crippen LogP contribution in [0, 0.1) is 11.7 Å². The van der Waals surface area contributed by atoms with Gasteiger partial charge in [0.05, 0.1) is 16.4 Å². The summed E-state index contributed by atoms with van der Waals surface area (Å²) in [5.41, 5.74) is 1.51. The highest BCUT2D eigenvalue weighted by Crippen LogP contribution is 2.44. The lowest BCUT2D eigenvalue weighted by Gasteiger charge is -2.31. The van der Waals surface area contributed by atoms with Gasteiger partial charge in [-0.25, -0.2) is 21.2 Å². The van der Waals surface area contributed by atoms with Gasteiger partial charge in [0.15, 0.2) is 9.84 Å². The number of halogens is 1. The lowest BCUT2D eigenvalue weighted by Crippen LogP contribution is -2.43. The number of carbonyl (C=O) groups is 1. The highest BCUT2D eigenvalue weighted by Gasteiger charge is 2.52. The first-order valence-electron chi connectivity index (χ1n) is 13.3. The summed E-state index contributed by atoms with van der Waals surface area (Å²) in [5, 5.41) is 0. The number of likely N-dealkylation sites (tertiary alicyclic amines) is 1. The Morgan fingerprint density at radius 1 is 0.975 bits per heavy atom. The van der Waals surface area contributed by atoms with Crippen LogP contribution in [0.3, 0.4) is 0 Å². The standard InChI is InChI=1S/C30H32FNO6S2/c1-22(23-5-3-2-4-6-23)38-27-11-7-25(8-12-27)30(40(36,37)28-13-9-26(31)10-14-28)17-18-32(21-30)29(33)24-15-19-39(34,35)20-16-24/h2-14,22,24H,15-21H2,1H3/t22-,30?/m0/s1. The van der Waals surface area contributed by atoms with Crippen LogP contribution in [0.25, 0.3) is 0 Å². The molecule has 0 spiro atoms. The predicted molar refractivity (Wildman–Crippen MR) is 150 cm³/mol. The number of amides is 1. The van der Waals surface area contributed by atoms with Crippen LogP contribution < -0.4 is 4.74 Å². The maximum absolute atomic E-state index is 14.2. The van der Waals surface area contributed by atoms with Crippen molar-refractivity contribution >= 4 is 25.6 Å². The predicted octanol–water partition coefficient (Wildman–Crippen LogP) is 4.69. The molecule has 2 atom stereocenters. The minimum atomic E-state index is -4.06. The Labute approximate surface area is 234 Å². The minimum Gasteiger partial charge on any atom is -0.486 e. The summed E-state index contributed by atoms with van der Waals surface area (Å²) in [5.74, 6) is -0.731. The van der Waals surface area contributed by atoms with Crippen LogP contribution >= 0.6 is 0 Å². The van der Waals surface area contributed by atoms with E-state index in [0.717, 1.165) is 17.7 Å². The van der Waals surface area contributed by atoms with Gasteiger partial charge in [0, 0.05) is 19.0 Å². The molecule has 1 amide bonds. The van der Waals surface area contributed by atoms with Gasteiger partial charge < -0.3 is 9.64 Å². The maximum Gasteiger partial charge on any atom is 0.225 e. The quantitative estimate of drug-likeness (QED) is 0.373. The van der Waals surface area contributed by atoms with Crippen molar-refractivity contribution in [3.8, 4) is 5.75 Å². The summed E-state index contributed by atoms with van der Waals surface area (Å²) in [6.45, 7) is 2.07. The Kier molecular flexibility index (Phi) is 7.76. The van der Waals surface area contributed by atoms with Gasteiger partial charge in [-0.3, -0.25) is 4.79 Å².